The summed E-state index contributed by atoms with van der Waals surface area (Å²) in [6, 6.07) is 14.2. The molecule has 0 aliphatic carbocycles. The normalized spacial score (nSPS) is 12.5. The maximum Gasteiger partial charge on any atom is 0.272 e. The Morgan fingerprint density at radius 3 is 2.93 bits per heavy atom. The molecule has 1 aliphatic heterocycles. The van der Waals surface area contributed by atoms with E-state index >= 15 is 0 Å². The van der Waals surface area contributed by atoms with Crippen LogP contribution < -0.4 is 15.6 Å². The van der Waals surface area contributed by atoms with Gasteiger partial charge in [-0.05, 0) is 30.3 Å². The van der Waals surface area contributed by atoms with Crippen LogP contribution in [0.4, 0.5) is 5.69 Å². The minimum absolute atomic E-state index is 0.106. The first kappa shape index (κ1) is 20.8. The van der Waals surface area contributed by atoms with E-state index in [1.165, 1.54) is 23.5 Å². The number of fused-ring (bicyclic) bond motifs is 1. The molecule has 0 unspecified atom stereocenters. The highest BCUT2D eigenvalue weighted by atomic mass is 35.5. The Balaban J connectivity index is 1.63. The number of carbonyl (C=O) groups excluding carboxylic acids is 1. The van der Waals surface area contributed by atoms with Crippen molar-refractivity contribution >= 4 is 46.7 Å². The number of benzene rings is 2. The van der Waals surface area contributed by atoms with Gasteiger partial charge in [-0.25, -0.2) is 4.98 Å². The topological polar surface area (TPSA) is 73.2 Å². The lowest BCUT2D eigenvalue weighted by Crippen LogP contribution is -2.24. The minimum atomic E-state index is -0.205. The van der Waals surface area contributed by atoms with Gasteiger partial charge < -0.3 is 10.1 Å². The summed E-state index contributed by atoms with van der Waals surface area (Å²) in [6.45, 7) is 0. The smallest absolute Gasteiger partial charge is 0.272 e. The number of anilines is 1. The van der Waals surface area contributed by atoms with E-state index < -0.39 is 0 Å². The van der Waals surface area contributed by atoms with Crippen molar-refractivity contribution in [2.75, 3.05) is 23.9 Å². The number of carbonyl (C=O) groups is 1. The highest BCUT2D eigenvalue weighted by Crippen LogP contribution is 2.30. The second-order valence-electron chi connectivity index (χ2n) is 6.46. The molecule has 2 heterocycles. The molecule has 1 amide bonds. The number of hydrogen-bond donors (Lipinski definition) is 1. The predicted molar refractivity (Wildman–Crippen MR) is 122 cm³/mol. The van der Waals surface area contributed by atoms with Gasteiger partial charge in [0.05, 0.1) is 29.1 Å². The Hall–Kier alpha value is -2.42. The van der Waals surface area contributed by atoms with Crippen molar-refractivity contribution in [3.63, 3.8) is 0 Å². The van der Waals surface area contributed by atoms with E-state index in [2.05, 4.69) is 5.32 Å². The first-order valence-electron chi connectivity index (χ1n) is 9.16. The van der Waals surface area contributed by atoms with E-state index in [-0.39, 0.29) is 17.2 Å². The van der Waals surface area contributed by atoms with E-state index in [4.69, 9.17) is 21.3 Å². The molecule has 0 saturated heterocycles. The molecule has 1 aromatic heterocycles. The van der Waals surface area contributed by atoms with E-state index in [0.717, 1.165) is 17.9 Å². The summed E-state index contributed by atoms with van der Waals surface area (Å²) in [5.74, 6) is 1.37. The lowest BCUT2D eigenvalue weighted by molar-refractivity contribution is -0.113. The second kappa shape index (κ2) is 9.16. The third-order valence-electron chi connectivity index (χ3n) is 4.42. The minimum Gasteiger partial charge on any atom is -0.497 e. The number of halogens is 1. The molecule has 0 bridgehead atoms. The van der Waals surface area contributed by atoms with Gasteiger partial charge in [0.2, 0.25) is 5.91 Å². The van der Waals surface area contributed by atoms with Crippen LogP contribution in [0.3, 0.4) is 0 Å². The van der Waals surface area contributed by atoms with Crippen LogP contribution in [0.25, 0.3) is 5.69 Å². The number of hydrogen-bond acceptors (Lipinski definition) is 6. The number of ether oxygens (including phenoxy) is 1. The standard InChI is InChI=1S/C21H18ClN3O3S2/c1-28-16-7-3-6-15(11-16)25-20(27)19-17(8-9-29-19)24-21(25)30-12-18(26)23-14-5-2-4-13(22)10-14/h2-7,10-11H,8-9,12H2,1H3,(H,23,26). The number of nitrogens with one attached hydrogen (secondary N) is 1. The summed E-state index contributed by atoms with van der Waals surface area (Å²) in [6.07, 6.45) is 0.746. The van der Waals surface area contributed by atoms with Crippen LogP contribution in [0.1, 0.15) is 5.69 Å². The van der Waals surface area contributed by atoms with Gasteiger partial charge in [-0.2, -0.15) is 0 Å². The first-order chi connectivity index (χ1) is 14.5. The predicted octanol–water partition coefficient (Wildman–Crippen LogP) is 4.27. The number of aryl methyl sites for hydroxylation is 1. The van der Waals surface area contributed by atoms with Crippen molar-refractivity contribution < 1.29 is 9.53 Å². The Kier molecular flexibility index (Phi) is 6.36. The number of thioether (sulfide) groups is 2. The molecule has 6 nitrogen and oxygen atoms in total. The molecule has 4 rings (SSSR count). The monoisotopic (exact) mass is 459 g/mol. The number of aromatic nitrogens is 2. The summed E-state index contributed by atoms with van der Waals surface area (Å²) in [4.78, 5) is 31.0. The Bertz CT molecular complexity index is 1170. The highest BCUT2D eigenvalue weighted by Gasteiger charge is 2.23. The van der Waals surface area contributed by atoms with Crippen molar-refractivity contribution in [2.45, 2.75) is 16.5 Å². The van der Waals surface area contributed by atoms with Gasteiger partial charge in [0.1, 0.15) is 5.75 Å². The Morgan fingerprint density at radius 1 is 1.30 bits per heavy atom. The molecule has 3 aromatic rings. The molecule has 30 heavy (non-hydrogen) atoms. The maximum absolute atomic E-state index is 13.2. The molecular formula is C21H18ClN3O3S2. The molecular weight excluding hydrogens is 442 g/mol. The van der Waals surface area contributed by atoms with Gasteiger partial charge in [-0.3, -0.25) is 14.2 Å². The van der Waals surface area contributed by atoms with Crippen molar-refractivity contribution in [3.8, 4) is 11.4 Å². The van der Waals surface area contributed by atoms with Crippen LogP contribution >= 0.6 is 35.1 Å². The number of rotatable bonds is 6. The van der Waals surface area contributed by atoms with Crippen LogP contribution in [0.2, 0.25) is 5.02 Å². The largest absolute Gasteiger partial charge is 0.497 e. The lowest BCUT2D eigenvalue weighted by atomic mass is 10.3. The SMILES string of the molecule is COc1cccc(-n2c(SCC(=O)Nc3cccc(Cl)c3)nc3c(c2=O)SCC3)c1. The quantitative estimate of drug-likeness (QED) is 0.438. The summed E-state index contributed by atoms with van der Waals surface area (Å²) in [5, 5.41) is 3.84. The van der Waals surface area contributed by atoms with Crippen LogP contribution in [-0.4, -0.2) is 34.1 Å². The fourth-order valence-electron chi connectivity index (χ4n) is 3.06. The summed E-state index contributed by atoms with van der Waals surface area (Å²) in [5.41, 5.74) is 1.95. The number of nitrogens with zero attached hydrogens (tertiary/aromatic N) is 2. The van der Waals surface area contributed by atoms with E-state index in [1.54, 1.807) is 42.0 Å². The van der Waals surface area contributed by atoms with Gasteiger partial charge in [0.15, 0.2) is 5.16 Å². The first-order valence-corrected chi connectivity index (χ1v) is 11.5. The van der Waals surface area contributed by atoms with E-state index in [1.807, 2.05) is 18.2 Å². The van der Waals surface area contributed by atoms with Gasteiger partial charge in [-0.15, -0.1) is 11.8 Å². The van der Waals surface area contributed by atoms with Crippen LogP contribution in [0.15, 0.2) is 63.4 Å². The van der Waals surface area contributed by atoms with Crippen LogP contribution in [0.5, 0.6) is 5.75 Å². The van der Waals surface area contributed by atoms with Crippen LogP contribution in [0, 0.1) is 0 Å². The third kappa shape index (κ3) is 4.50. The molecule has 9 heteroatoms. The second-order valence-corrected chi connectivity index (χ2v) is 8.94. The Labute approximate surface area is 187 Å². The summed E-state index contributed by atoms with van der Waals surface area (Å²) < 4.78 is 6.85. The molecule has 0 radical (unpaired) electrons. The average molecular weight is 460 g/mol. The van der Waals surface area contributed by atoms with Gasteiger partial charge in [-0.1, -0.05) is 35.5 Å². The molecule has 0 spiro atoms. The van der Waals surface area contributed by atoms with Crippen molar-refractivity contribution in [3.05, 3.63) is 69.6 Å². The molecule has 1 N–H and O–H groups in total. The van der Waals surface area contributed by atoms with E-state index in [0.29, 0.717) is 32.2 Å². The zero-order valence-corrected chi connectivity index (χ0v) is 18.4. The fourth-order valence-corrected chi connectivity index (χ4v) is 5.10. The molecule has 0 saturated carbocycles. The zero-order valence-electron chi connectivity index (χ0n) is 16.1. The fraction of sp³-hybridized carbons (Fsp3) is 0.190. The summed E-state index contributed by atoms with van der Waals surface area (Å²) in [7, 11) is 1.58. The van der Waals surface area contributed by atoms with Gasteiger partial charge >= 0.3 is 0 Å². The van der Waals surface area contributed by atoms with Crippen molar-refractivity contribution in [1.29, 1.82) is 0 Å². The van der Waals surface area contributed by atoms with E-state index in [9.17, 15) is 9.59 Å². The lowest BCUT2D eigenvalue weighted by Gasteiger charge is -2.14. The van der Waals surface area contributed by atoms with Crippen LogP contribution in [-0.2, 0) is 11.2 Å². The summed E-state index contributed by atoms with van der Waals surface area (Å²) >= 11 is 8.71. The van der Waals surface area contributed by atoms with Gasteiger partial charge in [0, 0.05) is 29.0 Å². The zero-order chi connectivity index (χ0) is 21.1. The molecule has 0 fully saturated rings. The number of methoxy groups -OCH3 is 1. The van der Waals surface area contributed by atoms with Gasteiger partial charge in [0.25, 0.3) is 5.56 Å². The number of amides is 1. The molecule has 0 atom stereocenters. The molecule has 1 aliphatic rings. The third-order valence-corrected chi connectivity index (χ3v) is 6.70. The average Bonchev–Trinajstić information content (AvgIpc) is 3.21. The molecule has 154 valence electrons. The van der Waals surface area contributed by atoms with Crippen molar-refractivity contribution in [2.24, 2.45) is 0 Å². The maximum atomic E-state index is 13.2. The van der Waals surface area contributed by atoms with Crippen molar-refractivity contribution in [1.82, 2.24) is 9.55 Å². The molecule has 2 aromatic carbocycles. The highest BCUT2D eigenvalue weighted by molar-refractivity contribution is 8.00. The Morgan fingerprint density at radius 2 is 2.13 bits per heavy atom.